The van der Waals surface area contributed by atoms with E-state index in [2.05, 4.69) is 16.0 Å². The smallest absolute Gasteiger partial charge is 0.314 e. The first-order valence-corrected chi connectivity index (χ1v) is 8.06. The number of rotatable bonds is 6. The van der Waals surface area contributed by atoms with Gasteiger partial charge in [-0.3, -0.25) is 4.79 Å². The fraction of sp³-hybridized carbons (Fsp3) is 0.500. The molecular formula is C16H22ClN3O3. The minimum absolute atomic E-state index is 0.260. The molecule has 7 heteroatoms. The van der Waals surface area contributed by atoms with Crippen molar-refractivity contribution in [2.75, 3.05) is 26.2 Å². The maximum atomic E-state index is 11.9. The predicted molar refractivity (Wildman–Crippen MR) is 88.8 cm³/mol. The maximum absolute atomic E-state index is 11.9. The molecule has 0 saturated carbocycles. The van der Waals surface area contributed by atoms with E-state index in [1.165, 1.54) is 0 Å². The fourth-order valence-corrected chi connectivity index (χ4v) is 2.62. The molecule has 3 N–H and O–H groups in total. The number of hydrogen-bond acceptors (Lipinski definition) is 3. The molecule has 1 heterocycles. The number of amides is 3. The van der Waals surface area contributed by atoms with E-state index in [1.807, 2.05) is 6.92 Å². The van der Waals surface area contributed by atoms with Crippen LogP contribution in [0.4, 0.5) is 4.79 Å². The summed E-state index contributed by atoms with van der Waals surface area (Å²) in [7, 11) is 0. The molecule has 0 unspecified atom stereocenters. The largest absolute Gasteiger partial charge is 0.373 e. The summed E-state index contributed by atoms with van der Waals surface area (Å²) in [5.74, 6) is -0.260. The maximum Gasteiger partial charge on any atom is 0.314 e. The second-order valence-corrected chi connectivity index (χ2v) is 6.15. The van der Waals surface area contributed by atoms with Crippen LogP contribution in [-0.4, -0.2) is 43.8 Å². The topological polar surface area (TPSA) is 79.5 Å². The van der Waals surface area contributed by atoms with Gasteiger partial charge in [-0.05, 0) is 31.9 Å². The minimum atomic E-state index is -0.270. The Labute approximate surface area is 140 Å². The number of urea groups is 1. The first-order chi connectivity index (χ1) is 11.0. The van der Waals surface area contributed by atoms with Crippen molar-refractivity contribution in [2.24, 2.45) is 0 Å². The summed E-state index contributed by atoms with van der Waals surface area (Å²) in [5, 5.41) is 8.59. The summed E-state index contributed by atoms with van der Waals surface area (Å²) in [6, 6.07) is 6.56. The van der Waals surface area contributed by atoms with Gasteiger partial charge < -0.3 is 20.7 Å². The number of carbonyl (C=O) groups is 2. The average Bonchev–Trinajstić information content (AvgIpc) is 2.97. The van der Waals surface area contributed by atoms with E-state index in [1.54, 1.807) is 24.3 Å². The molecule has 1 aromatic carbocycles. The Kier molecular flexibility index (Phi) is 6.24. The Bertz CT molecular complexity index is 559. The predicted octanol–water partition coefficient (Wildman–Crippen LogP) is 1.94. The monoisotopic (exact) mass is 339 g/mol. The van der Waals surface area contributed by atoms with Gasteiger partial charge in [-0.2, -0.15) is 0 Å². The molecule has 1 aromatic rings. The Morgan fingerprint density at radius 1 is 1.22 bits per heavy atom. The lowest BCUT2D eigenvalue weighted by atomic mass is 10.0. The molecule has 2 rings (SSSR count). The highest BCUT2D eigenvalue weighted by molar-refractivity contribution is 6.33. The quantitative estimate of drug-likeness (QED) is 0.693. The fourth-order valence-electron chi connectivity index (χ4n) is 2.40. The summed E-state index contributed by atoms with van der Waals surface area (Å²) in [6.45, 7) is 3.87. The van der Waals surface area contributed by atoms with E-state index < -0.39 is 0 Å². The number of carbonyl (C=O) groups excluding carboxylic acids is 2. The lowest BCUT2D eigenvalue weighted by molar-refractivity contribution is 0.0229. The molecule has 1 fully saturated rings. The molecule has 3 amide bonds. The van der Waals surface area contributed by atoms with Gasteiger partial charge in [0, 0.05) is 26.2 Å². The van der Waals surface area contributed by atoms with E-state index in [9.17, 15) is 9.59 Å². The van der Waals surface area contributed by atoms with Gasteiger partial charge >= 0.3 is 6.03 Å². The van der Waals surface area contributed by atoms with E-state index in [4.69, 9.17) is 16.3 Å². The average molecular weight is 340 g/mol. The van der Waals surface area contributed by atoms with Crippen LogP contribution in [0.1, 0.15) is 30.1 Å². The third kappa shape index (κ3) is 5.41. The normalized spacial score (nSPS) is 20.1. The zero-order valence-electron chi connectivity index (χ0n) is 13.2. The van der Waals surface area contributed by atoms with Crippen LogP contribution in [0.5, 0.6) is 0 Å². The van der Waals surface area contributed by atoms with Gasteiger partial charge in [-0.15, -0.1) is 0 Å². The van der Waals surface area contributed by atoms with Crippen molar-refractivity contribution in [3.05, 3.63) is 34.9 Å². The highest BCUT2D eigenvalue weighted by Gasteiger charge is 2.29. The Morgan fingerprint density at radius 2 is 1.96 bits per heavy atom. The van der Waals surface area contributed by atoms with E-state index in [0.717, 1.165) is 19.4 Å². The van der Waals surface area contributed by atoms with Crippen LogP contribution < -0.4 is 16.0 Å². The summed E-state index contributed by atoms with van der Waals surface area (Å²) in [4.78, 5) is 23.6. The van der Waals surface area contributed by atoms with Crippen molar-refractivity contribution in [1.29, 1.82) is 0 Å². The zero-order chi connectivity index (χ0) is 16.7. The summed E-state index contributed by atoms with van der Waals surface area (Å²) in [5.41, 5.74) is 0.153. The van der Waals surface area contributed by atoms with Gasteiger partial charge in [0.15, 0.2) is 0 Å². The third-order valence-corrected chi connectivity index (χ3v) is 4.07. The van der Waals surface area contributed by atoms with Crippen molar-refractivity contribution >= 4 is 23.5 Å². The van der Waals surface area contributed by atoms with Gasteiger partial charge in [0.2, 0.25) is 0 Å². The second-order valence-electron chi connectivity index (χ2n) is 5.75. The van der Waals surface area contributed by atoms with Crippen LogP contribution >= 0.6 is 11.6 Å². The first-order valence-electron chi connectivity index (χ1n) is 7.69. The van der Waals surface area contributed by atoms with Gasteiger partial charge in [-0.25, -0.2) is 4.79 Å². The lowest BCUT2D eigenvalue weighted by Crippen LogP contribution is -2.46. The number of ether oxygens (including phenoxy) is 1. The van der Waals surface area contributed by atoms with E-state index in [-0.39, 0.29) is 17.5 Å². The Morgan fingerprint density at radius 3 is 2.65 bits per heavy atom. The molecule has 1 aliphatic heterocycles. The summed E-state index contributed by atoms with van der Waals surface area (Å²) in [6.07, 6.45) is 1.97. The number of hydrogen-bond donors (Lipinski definition) is 3. The van der Waals surface area contributed by atoms with Gasteiger partial charge in [-0.1, -0.05) is 23.7 Å². The molecule has 6 nitrogen and oxygen atoms in total. The van der Waals surface area contributed by atoms with Crippen LogP contribution in [0.15, 0.2) is 24.3 Å². The van der Waals surface area contributed by atoms with Gasteiger partial charge in [0.1, 0.15) is 0 Å². The number of benzene rings is 1. The van der Waals surface area contributed by atoms with Crippen LogP contribution in [0.3, 0.4) is 0 Å². The zero-order valence-corrected chi connectivity index (χ0v) is 13.9. The summed E-state index contributed by atoms with van der Waals surface area (Å²) >= 11 is 5.95. The minimum Gasteiger partial charge on any atom is -0.373 e. The van der Waals surface area contributed by atoms with E-state index >= 15 is 0 Å². The SMILES string of the molecule is C[C@]1(CNC(=O)NCCNC(=O)c2ccccc2Cl)CCCO1. The standard InChI is InChI=1S/C16H22ClN3O3/c1-16(7-4-10-23-16)11-20-15(22)19-9-8-18-14(21)12-5-2-3-6-13(12)17/h2-3,5-6H,4,7-11H2,1H3,(H,18,21)(H2,19,20,22)/t16-/m1/s1. The molecule has 0 radical (unpaired) electrons. The third-order valence-electron chi connectivity index (χ3n) is 3.74. The van der Waals surface area contributed by atoms with Crippen LogP contribution in [0.25, 0.3) is 0 Å². The molecule has 126 valence electrons. The summed E-state index contributed by atoms with van der Waals surface area (Å²) < 4.78 is 5.60. The second kappa shape index (κ2) is 8.17. The lowest BCUT2D eigenvalue weighted by Gasteiger charge is -2.23. The van der Waals surface area contributed by atoms with E-state index in [0.29, 0.717) is 30.2 Å². The first kappa shape index (κ1) is 17.6. The molecule has 0 aliphatic carbocycles. The number of halogens is 1. The van der Waals surface area contributed by atoms with Crippen molar-refractivity contribution in [3.63, 3.8) is 0 Å². The Balaban J connectivity index is 1.62. The van der Waals surface area contributed by atoms with Crippen LogP contribution in [0, 0.1) is 0 Å². The molecule has 0 spiro atoms. The van der Waals surface area contributed by atoms with Crippen LogP contribution in [0.2, 0.25) is 5.02 Å². The molecular weight excluding hydrogens is 318 g/mol. The Hall–Kier alpha value is -1.79. The highest BCUT2D eigenvalue weighted by Crippen LogP contribution is 2.23. The molecule has 1 atom stereocenters. The van der Waals surface area contributed by atoms with Gasteiger partial charge in [0.05, 0.1) is 16.2 Å². The molecule has 0 bridgehead atoms. The molecule has 0 aromatic heterocycles. The van der Waals surface area contributed by atoms with Crippen LogP contribution in [-0.2, 0) is 4.74 Å². The molecule has 1 saturated heterocycles. The van der Waals surface area contributed by atoms with Gasteiger partial charge in [0.25, 0.3) is 5.91 Å². The highest BCUT2D eigenvalue weighted by atomic mass is 35.5. The molecule has 1 aliphatic rings. The van der Waals surface area contributed by atoms with Crippen molar-refractivity contribution in [2.45, 2.75) is 25.4 Å². The number of nitrogens with one attached hydrogen (secondary N) is 3. The van der Waals surface area contributed by atoms with Crippen molar-refractivity contribution < 1.29 is 14.3 Å². The van der Waals surface area contributed by atoms with Crippen molar-refractivity contribution in [3.8, 4) is 0 Å². The van der Waals surface area contributed by atoms with Crippen molar-refractivity contribution in [1.82, 2.24) is 16.0 Å². The molecule has 23 heavy (non-hydrogen) atoms.